The normalized spacial score (nSPS) is 46.0. The molecule has 3 saturated carbocycles. The van der Waals surface area contributed by atoms with E-state index in [9.17, 15) is 19.5 Å². The molecule has 6 rings (SSSR count). The smallest absolute Gasteiger partial charge is 0.241 e. The quantitative estimate of drug-likeness (QED) is 0.490. The monoisotopic (exact) mass is 556 g/mol. The van der Waals surface area contributed by atoms with Crippen molar-refractivity contribution in [2.75, 3.05) is 19.9 Å². The molecule has 0 aromatic carbocycles. The molecule has 9 heteroatoms. The van der Waals surface area contributed by atoms with E-state index >= 15 is 0 Å². The summed E-state index contributed by atoms with van der Waals surface area (Å²) in [6.07, 6.45) is 9.61. The number of allylic oxidation sites excluding steroid dienone is 4. The Morgan fingerprint density at radius 1 is 1.27 bits per heavy atom. The van der Waals surface area contributed by atoms with E-state index in [-0.39, 0.29) is 54.0 Å². The van der Waals surface area contributed by atoms with Gasteiger partial charge in [0.2, 0.25) is 5.91 Å². The van der Waals surface area contributed by atoms with E-state index in [1.54, 1.807) is 17.1 Å². The number of nitrogens with two attached hydrogens (primary N) is 1. The third-order valence-corrected chi connectivity index (χ3v) is 11.3. The average molecular weight is 557 g/mol. The van der Waals surface area contributed by atoms with Crippen molar-refractivity contribution in [2.45, 2.75) is 102 Å². The van der Waals surface area contributed by atoms with Crippen molar-refractivity contribution < 1.29 is 33.7 Å². The zero-order valence-electron chi connectivity index (χ0n) is 24.0. The van der Waals surface area contributed by atoms with Crippen LogP contribution in [-0.2, 0) is 28.6 Å². The summed E-state index contributed by atoms with van der Waals surface area (Å²) in [7, 11) is 0. The lowest BCUT2D eigenvalue weighted by Gasteiger charge is -2.59. The molecule has 2 unspecified atom stereocenters. The minimum absolute atomic E-state index is 0.0120. The first-order valence-corrected chi connectivity index (χ1v) is 15.2. The van der Waals surface area contributed by atoms with E-state index in [1.165, 1.54) is 0 Å². The molecule has 4 aliphatic carbocycles. The van der Waals surface area contributed by atoms with Crippen molar-refractivity contribution in [2.24, 2.45) is 34.3 Å². The molecular weight excluding hydrogens is 512 g/mol. The molecule has 0 spiro atoms. The van der Waals surface area contributed by atoms with Crippen molar-refractivity contribution in [3.8, 4) is 0 Å². The lowest BCUT2D eigenvalue weighted by molar-refractivity contribution is -0.202. The van der Waals surface area contributed by atoms with Crippen molar-refractivity contribution in [1.82, 2.24) is 4.90 Å². The minimum atomic E-state index is -1.22. The summed E-state index contributed by atoms with van der Waals surface area (Å²) in [6, 6.07) is -0.520. The van der Waals surface area contributed by atoms with Crippen LogP contribution in [0.1, 0.15) is 72.1 Å². The Balaban J connectivity index is 1.27. The second-order valence-electron chi connectivity index (χ2n) is 13.4. The Bertz CT molecular complexity index is 1140. The number of hydrogen-bond donors (Lipinski definition) is 2. The number of aliphatic hydroxyl groups excluding tert-OH is 1. The number of carbonyl (C=O) groups excluding carboxylic acids is 3. The van der Waals surface area contributed by atoms with Crippen molar-refractivity contribution in [3.63, 3.8) is 0 Å². The van der Waals surface area contributed by atoms with Gasteiger partial charge in [-0.2, -0.15) is 0 Å². The number of ether oxygens (including phenoxy) is 3. The van der Waals surface area contributed by atoms with Gasteiger partial charge in [0.15, 0.2) is 23.5 Å². The fourth-order valence-corrected chi connectivity index (χ4v) is 9.46. The van der Waals surface area contributed by atoms with Gasteiger partial charge in [-0.3, -0.25) is 14.4 Å². The number of Topliss-reactive ketones (excluding diaryl/α,β-unsaturated/α-hetero) is 1. The average Bonchev–Trinajstić information content (AvgIpc) is 3.39. The summed E-state index contributed by atoms with van der Waals surface area (Å²) in [5.74, 6) is -0.0786. The van der Waals surface area contributed by atoms with Crippen LogP contribution in [0.4, 0.5) is 0 Å². The van der Waals surface area contributed by atoms with Gasteiger partial charge in [-0.1, -0.05) is 38.8 Å². The molecular formula is C31H44N2O7. The number of amides is 1. The highest BCUT2D eigenvalue weighted by molar-refractivity contribution is 6.01. The molecule has 6 aliphatic rings. The Labute approximate surface area is 236 Å². The number of carbonyl (C=O) groups is 3. The molecule has 10 atom stereocenters. The van der Waals surface area contributed by atoms with Gasteiger partial charge in [-0.25, -0.2) is 0 Å². The standard InChI is InChI=1S/C31H44N2O7/c1-4-6-26-39-25-14-21-20-9-8-18-13-19(34)10-11-29(18,2)27(20)23(35)15-30(21,3)31(25,40-26)24(36)16-38-17-33-12-5-7-22(32)28(33)37/h10-11,13,20-23,25-27,35H,4-9,12,14-17,32H2,1-3H3/t20-,21-,22?,23-,25+,26?,27+,29-,30-,31+/m0/s1. The second-order valence-corrected chi connectivity index (χ2v) is 13.4. The van der Waals surface area contributed by atoms with Gasteiger partial charge in [0.05, 0.1) is 18.2 Å². The number of ketones is 2. The lowest BCUT2D eigenvalue weighted by Crippen LogP contribution is -2.63. The van der Waals surface area contributed by atoms with Crippen LogP contribution in [0.3, 0.4) is 0 Å². The predicted molar refractivity (Wildman–Crippen MR) is 146 cm³/mol. The lowest BCUT2D eigenvalue weighted by atomic mass is 9.46. The zero-order valence-corrected chi connectivity index (χ0v) is 24.0. The Morgan fingerprint density at radius 2 is 2.08 bits per heavy atom. The number of aliphatic hydroxyl groups is 1. The molecule has 0 radical (unpaired) electrons. The van der Waals surface area contributed by atoms with Gasteiger partial charge in [-0.05, 0) is 68.9 Å². The highest BCUT2D eigenvalue weighted by Crippen LogP contribution is 2.69. The van der Waals surface area contributed by atoms with Crippen LogP contribution in [0, 0.1) is 28.6 Å². The van der Waals surface area contributed by atoms with E-state index in [1.807, 2.05) is 6.08 Å². The summed E-state index contributed by atoms with van der Waals surface area (Å²) < 4.78 is 19.0. The van der Waals surface area contributed by atoms with Gasteiger partial charge in [-0.15, -0.1) is 0 Å². The molecule has 2 saturated heterocycles. The van der Waals surface area contributed by atoms with E-state index in [2.05, 4.69) is 20.8 Å². The first-order valence-electron chi connectivity index (χ1n) is 15.2. The Morgan fingerprint density at radius 3 is 2.85 bits per heavy atom. The Hall–Kier alpha value is -1.91. The minimum Gasteiger partial charge on any atom is -0.393 e. The first-order chi connectivity index (χ1) is 19.0. The van der Waals surface area contributed by atoms with Gasteiger partial charge >= 0.3 is 0 Å². The highest BCUT2D eigenvalue weighted by atomic mass is 16.7. The third kappa shape index (κ3) is 4.02. The van der Waals surface area contributed by atoms with E-state index in [0.29, 0.717) is 32.2 Å². The maximum absolute atomic E-state index is 14.2. The van der Waals surface area contributed by atoms with Crippen LogP contribution in [0.15, 0.2) is 23.8 Å². The van der Waals surface area contributed by atoms with E-state index in [0.717, 1.165) is 31.3 Å². The number of fused-ring (bicyclic) bond motifs is 7. The number of likely N-dealkylation sites (tertiary alicyclic amines) is 1. The molecule has 0 aromatic heterocycles. The largest absolute Gasteiger partial charge is 0.393 e. The SMILES string of the molecule is CCCC1O[C@@H]2C[C@H]3[C@@H]4CCC5=CC(=O)C=C[C@]5(C)[C@H]4[C@@H](O)C[C@]3(C)[C@]2(C(=O)COCN2CCCC(N)C2=O)O1. The maximum Gasteiger partial charge on any atom is 0.241 e. The zero-order chi connectivity index (χ0) is 28.4. The van der Waals surface area contributed by atoms with Crippen LogP contribution in [-0.4, -0.2) is 77.5 Å². The van der Waals surface area contributed by atoms with Crippen molar-refractivity contribution >= 4 is 17.5 Å². The van der Waals surface area contributed by atoms with Crippen LogP contribution in [0.5, 0.6) is 0 Å². The molecule has 5 fully saturated rings. The van der Waals surface area contributed by atoms with Crippen LogP contribution in [0.25, 0.3) is 0 Å². The third-order valence-electron chi connectivity index (χ3n) is 11.3. The molecule has 0 aromatic rings. The highest BCUT2D eigenvalue weighted by Gasteiger charge is 2.75. The fraction of sp³-hybridized carbons (Fsp3) is 0.774. The van der Waals surface area contributed by atoms with E-state index < -0.39 is 35.6 Å². The number of rotatable bonds is 7. The predicted octanol–water partition coefficient (Wildman–Crippen LogP) is 2.65. The van der Waals surface area contributed by atoms with E-state index in [4.69, 9.17) is 19.9 Å². The van der Waals surface area contributed by atoms with Crippen molar-refractivity contribution in [1.29, 1.82) is 0 Å². The summed E-state index contributed by atoms with van der Waals surface area (Å²) >= 11 is 0. The van der Waals surface area contributed by atoms with Gasteiger partial charge in [0.1, 0.15) is 13.3 Å². The number of hydrogen-bond acceptors (Lipinski definition) is 8. The topological polar surface area (TPSA) is 128 Å². The van der Waals surface area contributed by atoms with Gasteiger partial charge < -0.3 is 30.0 Å². The summed E-state index contributed by atoms with van der Waals surface area (Å²) in [5.41, 5.74) is 4.78. The molecule has 2 heterocycles. The van der Waals surface area contributed by atoms with Crippen molar-refractivity contribution in [3.05, 3.63) is 23.8 Å². The molecule has 0 bridgehead atoms. The van der Waals surface area contributed by atoms with Crippen LogP contribution in [0.2, 0.25) is 0 Å². The number of piperidine rings is 1. The van der Waals surface area contributed by atoms with Gasteiger partial charge in [0, 0.05) is 23.3 Å². The van der Waals surface area contributed by atoms with Gasteiger partial charge in [0.25, 0.3) is 0 Å². The Kier molecular flexibility index (Phi) is 7.14. The second kappa shape index (κ2) is 10.1. The van der Waals surface area contributed by atoms with Crippen LogP contribution < -0.4 is 5.73 Å². The maximum atomic E-state index is 14.2. The molecule has 220 valence electrons. The molecule has 2 aliphatic heterocycles. The summed E-state index contributed by atoms with van der Waals surface area (Å²) in [5, 5.41) is 11.8. The molecule has 9 nitrogen and oxygen atoms in total. The molecule has 1 amide bonds. The summed E-state index contributed by atoms with van der Waals surface area (Å²) in [6.45, 7) is 6.70. The first kappa shape index (κ1) is 28.2. The molecule has 40 heavy (non-hydrogen) atoms. The summed E-state index contributed by atoms with van der Waals surface area (Å²) in [4.78, 5) is 40.4. The fourth-order valence-electron chi connectivity index (χ4n) is 9.46. The van der Waals surface area contributed by atoms with Crippen LogP contribution >= 0.6 is 0 Å². The number of nitrogens with zero attached hydrogens (tertiary/aromatic N) is 1. The molecule has 3 N–H and O–H groups in total.